The van der Waals surface area contributed by atoms with Gasteiger partial charge in [0.25, 0.3) is 0 Å². The monoisotopic (exact) mass is 1140 g/mol. The maximum atomic E-state index is 6.05. The SMILES string of the molecule is Cc1c(C)c(-c2ccccc2-c2cnc(-c3[c-]cccc3)cc2-c2ccccc2)c(C)c(C)c1-c1ccccc1-c1ccc(-c2[c-]cc3oc4ccccc4c3c2)nc1.[Ir].[Ir]. The molecule has 0 atom stereocenters. The van der Waals surface area contributed by atoms with E-state index in [-0.39, 0.29) is 40.2 Å². The summed E-state index contributed by atoms with van der Waals surface area (Å²) in [4.78, 5) is 10.0. The van der Waals surface area contributed by atoms with Gasteiger partial charge in [0.1, 0.15) is 5.58 Å². The molecule has 0 saturated carbocycles. The van der Waals surface area contributed by atoms with Crippen LogP contribution in [0.25, 0.3) is 100 Å². The molecule has 5 heteroatoms. The third kappa shape index (κ3) is 7.54. The van der Waals surface area contributed by atoms with Crippen molar-refractivity contribution in [2.45, 2.75) is 27.7 Å². The van der Waals surface area contributed by atoms with Gasteiger partial charge in [-0.1, -0.05) is 121 Å². The smallest absolute Gasteiger partial charge is 0.120 e. The number of hydrogen-bond acceptors (Lipinski definition) is 3. The van der Waals surface area contributed by atoms with E-state index in [1.807, 2.05) is 54.9 Å². The molecule has 0 spiro atoms. The fourth-order valence-electron chi connectivity index (χ4n) is 8.77. The molecule has 0 aliphatic heterocycles. The number of aromatic nitrogens is 2. The molecule has 0 bridgehead atoms. The van der Waals surface area contributed by atoms with Crippen LogP contribution in [0, 0.1) is 39.8 Å². The van der Waals surface area contributed by atoms with Gasteiger partial charge in [-0.05, 0) is 117 Å². The van der Waals surface area contributed by atoms with Crippen molar-refractivity contribution < 1.29 is 44.6 Å². The van der Waals surface area contributed by atoms with E-state index < -0.39 is 0 Å². The van der Waals surface area contributed by atoms with Crippen molar-refractivity contribution in [3.8, 4) is 78.1 Å². The van der Waals surface area contributed by atoms with E-state index in [2.05, 4.69) is 155 Å². The predicted molar refractivity (Wildman–Crippen MR) is 244 cm³/mol. The molecule has 10 aromatic rings. The van der Waals surface area contributed by atoms with E-state index in [1.165, 1.54) is 44.5 Å². The zero-order chi connectivity index (χ0) is 40.0. The molecule has 0 N–H and O–H groups in total. The van der Waals surface area contributed by atoms with Crippen molar-refractivity contribution in [1.82, 2.24) is 9.97 Å². The number of furan rings is 1. The minimum Gasteiger partial charge on any atom is -0.500 e. The molecule has 0 amide bonds. The molecule has 0 saturated heterocycles. The molecular formula is C56H40Ir2N2O-2. The van der Waals surface area contributed by atoms with Crippen LogP contribution < -0.4 is 0 Å². The molecule has 3 aromatic heterocycles. The Morgan fingerprint density at radius 2 is 1.02 bits per heavy atom. The van der Waals surface area contributed by atoms with Gasteiger partial charge in [-0.25, -0.2) is 0 Å². The summed E-state index contributed by atoms with van der Waals surface area (Å²) >= 11 is 0. The summed E-state index contributed by atoms with van der Waals surface area (Å²) < 4.78 is 6.05. The Bertz CT molecular complexity index is 3160. The third-order valence-electron chi connectivity index (χ3n) is 11.9. The number of hydrogen-bond donors (Lipinski definition) is 0. The van der Waals surface area contributed by atoms with E-state index >= 15 is 0 Å². The molecule has 0 fully saturated rings. The van der Waals surface area contributed by atoms with E-state index in [0.29, 0.717) is 0 Å². The number of para-hydroxylation sites is 1. The Morgan fingerprint density at radius 1 is 0.410 bits per heavy atom. The van der Waals surface area contributed by atoms with Crippen molar-refractivity contribution in [1.29, 1.82) is 0 Å². The molecule has 0 aliphatic carbocycles. The average molecular weight is 1140 g/mol. The average Bonchev–Trinajstić information content (AvgIpc) is 3.67. The zero-order valence-electron chi connectivity index (χ0n) is 34.1. The van der Waals surface area contributed by atoms with Crippen LogP contribution in [0.15, 0.2) is 175 Å². The van der Waals surface area contributed by atoms with E-state index in [9.17, 15) is 0 Å². The topological polar surface area (TPSA) is 38.9 Å². The molecule has 61 heavy (non-hydrogen) atoms. The van der Waals surface area contributed by atoms with Crippen LogP contribution in [-0.2, 0) is 40.2 Å². The van der Waals surface area contributed by atoms with Crippen LogP contribution in [0.2, 0.25) is 0 Å². The van der Waals surface area contributed by atoms with E-state index in [0.717, 1.165) is 77.8 Å². The molecule has 0 unspecified atom stereocenters. The number of benzene rings is 7. The fourth-order valence-corrected chi connectivity index (χ4v) is 8.77. The first-order valence-corrected chi connectivity index (χ1v) is 20.1. The van der Waals surface area contributed by atoms with Gasteiger partial charge in [-0.2, -0.15) is 0 Å². The molecule has 300 valence electrons. The number of pyridine rings is 2. The Morgan fingerprint density at radius 3 is 1.69 bits per heavy atom. The van der Waals surface area contributed by atoms with Gasteiger partial charge in [0.2, 0.25) is 0 Å². The summed E-state index contributed by atoms with van der Waals surface area (Å²) in [6.07, 6.45) is 4.04. The van der Waals surface area contributed by atoms with Gasteiger partial charge in [-0.3, -0.25) is 0 Å². The first-order valence-electron chi connectivity index (χ1n) is 20.1. The number of fused-ring (bicyclic) bond motifs is 3. The minimum absolute atomic E-state index is 0. The zero-order valence-corrected chi connectivity index (χ0v) is 38.9. The number of nitrogens with zero attached hydrogens (tertiary/aromatic N) is 2. The van der Waals surface area contributed by atoms with Gasteiger partial charge in [0, 0.05) is 63.6 Å². The van der Waals surface area contributed by atoms with Crippen LogP contribution in [-0.4, -0.2) is 9.97 Å². The maximum Gasteiger partial charge on any atom is 0.120 e. The summed E-state index contributed by atoms with van der Waals surface area (Å²) in [6, 6.07) is 61.6. The molecule has 3 heterocycles. The Balaban J connectivity index is 0.00000257. The second-order valence-corrected chi connectivity index (χ2v) is 15.3. The third-order valence-corrected chi connectivity index (χ3v) is 11.9. The Hall–Kier alpha value is -6.06. The Kier molecular flexibility index (Phi) is 12.0. The fraction of sp³-hybridized carbons (Fsp3) is 0.0714. The predicted octanol–water partition coefficient (Wildman–Crippen LogP) is 14.9. The van der Waals surface area contributed by atoms with E-state index in [1.54, 1.807) is 0 Å². The Labute approximate surface area is 384 Å². The quantitative estimate of drug-likeness (QED) is 0.149. The van der Waals surface area contributed by atoms with E-state index in [4.69, 9.17) is 14.4 Å². The van der Waals surface area contributed by atoms with Gasteiger partial charge in [0.15, 0.2) is 0 Å². The largest absolute Gasteiger partial charge is 0.500 e. The van der Waals surface area contributed by atoms with Crippen molar-refractivity contribution in [2.75, 3.05) is 0 Å². The van der Waals surface area contributed by atoms with Crippen LogP contribution in [0.5, 0.6) is 0 Å². The van der Waals surface area contributed by atoms with Crippen LogP contribution in [0.1, 0.15) is 22.3 Å². The molecule has 3 nitrogen and oxygen atoms in total. The molecule has 2 radical (unpaired) electrons. The van der Waals surface area contributed by atoms with Crippen molar-refractivity contribution in [2.24, 2.45) is 0 Å². The first-order chi connectivity index (χ1) is 28.9. The standard InChI is InChI=1S/C56H40N2O.2Ir/c1-35-37(3)56(47-25-14-12-22-44(47)50-34-58-52(40-19-9-6-10-20-40)32-48(50)39-17-7-5-8-18-39)38(4)36(2)55(35)46-24-13-11-21-43(46)42-27-29-51(57-33-42)41-28-30-54-49(31-41)45-23-15-16-26-53(45)59-54;;/h5-19,21-27,29-34H,1-4H3;;/q-2;;. The first kappa shape index (κ1) is 41.7. The van der Waals surface area contributed by atoms with Crippen molar-refractivity contribution >= 4 is 21.9 Å². The summed E-state index contributed by atoms with van der Waals surface area (Å²) in [7, 11) is 0. The minimum atomic E-state index is 0. The van der Waals surface area contributed by atoms with Crippen molar-refractivity contribution in [3.63, 3.8) is 0 Å². The van der Waals surface area contributed by atoms with Gasteiger partial charge < -0.3 is 14.4 Å². The summed E-state index contributed by atoms with van der Waals surface area (Å²) in [5, 5.41) is 2.17. The second kappa shape index (κ2) is 17.5. The van der Waals surface area contributed by atoms with Gasteiger partial charge >= 0.3 is 0 Å². The molecule has 10 rings (SSSR count). The normalized spacial score (nSPS) is 11.0. The van der Waals surface area contributed by atoms with Crippen LogP contribution in [0.3, 0.4) is 0 Å². The maximum absolute atomic E-state index is 6.05. The molecule has 7 aromatic carbocycles. The molecule has 0 aliphatic rings. The summed E-state index contributed by atoms with van der Waals surface area (Å²) in [6.45, 7) is 9.10. The van der Waals surface area contributed by atoms with Gasteiger partial charge in [0.05, 0.1) is 5.58 Å². The summed E-state index contributed by atoms with van der Waals surface area (Å²) in [5.74, 6) is 0. The van der Waals surface area contributed by atoms with Crippen LogP contribution >= 0.6 is 0 Å². The van der Waals surface area contributed by atoms with Gasteiger partial charge in [-0.15, -0.1) is 59.7 Å². The van der Waals surface area contributed by atoms with Crippen LogP contribution in [0.4, 0.5) is 0 Å². The van der Waals surface area contributed by atoms with Crippen molar-refractivity contribution in [3.05, 3.63) is 205 Å². The molecular weight excluding hydrogens is 1100 g/mol. The summed E-state index contributed by atoms with van der Waals surface area (Å²) in [5.41, 5.74) is 22.2. The second-order valence-electron chi connectivity index (χ2n) is 15.3. The number of rotatable bonds is 7.